The minimum atomic E-state index is -0.663. The Kier molecular flexibility index (Phi) is 6.88. The number of nitro benzene ring substituents is 1. The lowest BCUT2D eigenvalue weighted by atomic mass is 10.1. The van der Waals surface area contributed by atoms with Gasteiger partial charge in [0.2, 0.25) is 0 Å². The van der Waals surface area contributed by atoms with Gasteiger partial charge in [0.1, 0.15) is 17.3 Å². The van der Waals surface area contributed by atoms with Crippen LogP contribution in [-0.4, -0.2) is 49.8 Å². The number of amides is 2. The Morgan fingerprint density at radius 1 is 1.10 bits per heavy atom. The number of nitro groups is 1. The molecule has 0 bridgehead atoms. The van der Waals surface area contributed by atoms with Crippen molar-refractivity contribution in [3.8, 4) is 6.07 Å². The fraction of sp³-hybridized carbons (Fsp3) is 0.190. The molecule has 0 aliphatic rings. The minimum Gasteiger partial charge on any atom is -0.372 e. The van der Waals surface area contributed by atoms with Crippen LogP contribution in [0.1, 0.15) is 15.9 Å². The lowest BCUT2D eigenvalue weighted by Crippen LogP contribution is -2.21. The van der Waals surface area contributed by atoms with E-state index in [1.165, 1.54) is 17.0 Å². The second kappa shape index (κ2) is 9.34. The van der Waals surface area contributed by atoms with Crippen LogP contribution in [0.3, 0.4) is 0 Å². The highest BCUT2D eigenvalue weighted by Gasteiger charge is 2.17. The summed E-state index contributed by atoms with van der Waals surface area (Å²) in [4.78, 5) is 38.2. The molecule has 0 radical (unpaired) electrons. The van der Waals surface area contributed by atoms with Gasteiger partial charge < -0.3 is 15.1 Å². The van der Waals surface area contributed by atoms with Crippen LogP contribution < -0.4 is 10.2 Å². The standard InChI is InChI=1S/C21H21N5O4/c1-24(2)18-10-5-14(12-19(18)26(29)30)11-16(13-22)20(27)23-17-8-6-15(7-9-17)21(28)25(3)4/h5-12H,1-4H3,(H,23,27)/b16-11+. The summed E-state index contributed by atoms with van der Waals surface area (Å²) in [6.45, 7) is 0. The van der Waals surface area contributed by atoms with Gasteiger partial charge in [-0.3, -0.25) is 19.7 Å². The summed E-state index contributed by atoms with van der Waals surface area (Å²) in [6.07, 6.45) is 1.28. The molecule has 154 valence electrons. The highest BCUT2D eigenvalue weighted by Crippen LogP contribution is 2.28. The lowest BCUT2D eigenvalue weighted by molar-refractivity contribution is -0.384. The van der Waals surface area contributed by atoms with Gasteiger partial charge in [0.05, 0.1) is 4.92 Å². The van der Waals surface area contributed by atoms with Crippen molar-refractivity contribution in [2.24, 2.45) is 0 Å². The maximum absolute atomic E-state index is 12.4. The van der Waals surface area contributed by atoms with Gasteiger partial charge in [-0.2, -0.15) is 5.26 Å². The Morgan fingerprint density at radius 3 is 2.23 bits per heavy atom. The van der Waals surface area contributed by atoms with E-state index in [1.807, 2.05) is 6.07 Å². The number of hydrogen-bond acceptors (Lipinski definition) is 6. The van der Waals surface area contributed by atoms with Crippen molar-refractivity contribution in [1.82, 2.24) is 4.90 Å². The quantitative estimate of drug-likeness (QED) is 0.340. The predicted molar refractivity (Wildman–Crippen MR) is 114 cm³/mol. The summed E-state index contributed by atoms with van der Waals surface area (Å²) >= 11 is 0. The molecular formula is C21H21N5O4. The van der Waals surface area contributed by atoms with Gasteiger partial charge in [0, 0.05) is 45.5 Å². The van der Waals surface area contributed by atoms with Gasteiger partial charge in [0.15, 0.2) is 0 Å². The summed E-state index contributed by atoms with van der Waals surface area (Å²) in [5.41, 5.74) is 1.29. The molecule has 2 rings (SSSR count). The van der Waals surface area contributed by atoms with Gasteiger partial charge in [-0.25, -0.2) is 0 Å². The molecular weight excluding hydrogens is 386 g/mol. The third kappa shape index (κ3) is 5.20. The molecule has 9 nitrogen and oxygen atoms in total. The molecule has 0 unspecified atom stereocenters. The SMILES string of the molecule is CN(C)C(=O)c1ccc(NC(=O)/C(C#N)=C/c2ccc(N(C)C)c([N+](=O)[O-])c2)cc1. The number of carbonyl (C=O) groups is 2. The Morgan fingerprint density at radius 2 is 1.73 bits per heavy atom. The molecule has 0 saturated heterocycles. The van der Waals surface area contributed by atoms with E-state index >= 15 is 0 Å². The first-order valence-electron chi connectivity index (χ1n) is 8.84. The topological polar surface area (TPSA) is 120 Å². The predicted octanol–water partition coefficient (Wildman–Crippen LogP) is 2.91. The van der Waals surface area contributed by atoms with Crippen molar-refractivity contribution in [3.63, 3.8) is 0 Å². The molecule has 0 heterocycles. The normalized spacial score (nSPS) is 10.7. The summed E-state index contributed by atoms with van der Waals surface area (Å²) in [5, 5.41) is 23.3. The molecule has 0 saturated carbocycles. The van der Waals surface area contributed by atoms with Gasteiger partial charge in [0.25, 0.3) is 17.5 Å². The first kappa shape index (κ1) is 22.1. The molecule has 30 heavy (non-hydrogen) atoms. The fourth-order valence-corrected chi connectivity index (χ4v) is 2.62. The van der Waals surface area contributed by atoms with E-state index in [4.69, 9.17) is 0 Å². The molecule has 2 aromatic rings. The monoisotopic (exact) mass is 407 g/mol. The first-order valence-corrected chi connectivity index (χ1v) is 8.84. The van der Waals surface area contributed by atoms with E-state index in [-0.39, 0.29) is 17.2 Å². The van der Waals surface area contributed by atoms with Crippen molar-refractivity contribution in [2.75, 3.05) is 38.4 Å². The maximum Gasteiger partial charge on any atom is 0.293 e. The van der Waals surface area contributed by atoms with E-state index < -0.39 is 10.8 Å². The molecule has 9 heteroatoms. The number of hydrogen-bond donors (Lipinski definition) is 1. The lowest BCUT2D eigenvalue weighted by Gasteiger charge is -2.13. The summed E-state index contributed by atoms with van der Waals surface area (Å²) in [6, 6.07) is 12.5. The van der Waals surface area contributed by atoms with Crippen LogP contribution in [0.4, 0.5) is 17.1 Å². The third-order valence-corrected chi connectivity index (χ3v) is 4.15. The van der Waals surface area contributed by atoms with Crippen LogP contribution in [-0.2, 0) is 4.79 Å². The summed E-state index contributed by atoms with van der Waals surface area (Å²) in [7, 11) is 6.64. The van der Waals surface area contributed by atoms with Crippen molar-refractivity contribution < 1.29 is 14.5 Å². The molecule has 1 N–H and O–H groups in total. The van der Waals surface area contributed by atoms with E-state index in [1.54, 1.807) is 69.5 Å². The third-order valence-electron chi connectivity index (χ3n) is 4.15. The average molecular weight is 407 g/mol. The van der Waals surface area contributed by atoms with Crippen molar-refractivity contribution in [3.05, 3.63) is 69.3 Å². The van der Waals surface area contributed by atoms with Gasteiger partial charge >= 0.3 is 0 Å². The van der Waals surface area contributed by atoms with Gasteiger partial charge in [-0.15, -0.1) is 0 Å². The second-order valence-electron chi connectivity index (χ2n) is 6.80. The fourth-order valence-electron chi connectivity index (χ4n) is 2.62. The summed E-state index contributed by atoms with van der Waals surface area (Å²) < 4.78 is 0. The van der Waals surface area contributed by atoms with Gasteiger partial charge in [-0.1, -0.05) is 6.07 Å². The number of nitrogens with zero attached hydrogens (tertiary/aromatic N) is 4. The largest absolute Gasteiger partial charge is 0.372 e. The molecule has 0 spiro atoms. The van der Waals surface area contributed by atoms with Crippen LogP contribution in [0.5, 0.6) is 0 Å². The molecule has 0 aromatic heterocycles. The molecule has 0 fully saturated rings. The zero-order valence-electron chi connectivity index (χ0n) is 17.0. The number of rotatable bonds is 6. The Hall–Kier alpha value is -4.19. The Bertz CT molecular complexity index is 1050. The zero-order valence-corrected chi connectivity index (χ0v) is 17.0. The second-order valence-corrected chi connectivity index (χ2v) is 6.80. The molecule has 0 atom stereocenters. The number of nitrogens with one attached hydrogen (secondary N) is 1. The number of anilines is 2. The van der Waals surface area contributed by atoms with E-state index in [0.29, 0.717) is 22.5 Å². The first-order chi connectivity index (χ1) is 14.1. The van der Waals surface area contributed by atoms with Crippen LogP contribution in [0.15, 0.2) is 48.0 Å². The summed E-state index contributed by atoms with van der Waals surface area (Å²) in [5.74, 6) is -0.836. The maximum atomic E-state index is 12.4. The van der Waals surface area contributed by atoms with Crippen molar-refractivity contribution >= 4 is 35.0 Å². The van der Waals surface area contributed by atoms with Crippen molar-refractivity contribution in [2.45, 2.75) is 0 Å². The highest BCUT2D eigenvalue weighted by atomic mass is 16.6. The smallest absolute Gasteiger partial charge is 0.293 e. The number of benzene rings is 2. The van der Waals surface area contributed by atoms with Gasteiger partial charge in [-0.05, 0) is 42.0 Å². The van der Waals surface area contributed by atoms with Crippen LogP contribution in [0, 0.1) is 21.4 Å². The molecule has 0 aliphatic heterocycles. The Labute approximate surface area is 174 Å². The molecule has 2 amide bonds. The van der Waals surface area contributed by atoms with E-state index in [2.05, 4.69) is 5.32 Å². The number of nitriles is 1. The zero-order chi connectivity index (χ0) is 22.4. The van der Waals surface area contributed by atoms with Crippen LogP contribution >= 0.6 is 0 Å². The molecule has 0 aliphatic carbocycles. The van der Waals surface area contributed by atoms with E-state index in [9.17, 15) is 25.0 Å². The number of carbonyl (C=O) groups excluding carboxylic acids is 2. The van der Waals surface area contributed by atoms with E-state index in [0.717, 1.165) is 0 Å². The highest BCUT2D eigenvalue weighted by molar-refractivity contribution is 6.09. The van der Waals surface area contributed by atoms with Crippen LogP contribution in [0.2, 0.25) is 0 Å². The molecule has 2 aromatic carbocycles. The Balaban J connectivity index is 2.25. The van der Waals surface area contributed by atoms with Crippen LogP contribution in [0.25, 0.3) is 6.08 Å². The minimum absolute atomic E-state index is 0.132. The van der Waals surface area contributed by atoms with Crippen molar-refractivity contribution in [1.29, 1.82) is 5.26 Å². The average Bonchev–Trinajstić information content (AvgIpc) is 2.71.